The summed E-state index contributed by atoms with van der Waals surface area (Å²) < 4.78 is 5.59. The Morgan fingerprint density at radius 3 is 2.55 bits per heavy atom. The van der Waals surface area contributed by atoms with Gasteiger partial charge in [-0.25, -0.2) is 0 Å². The van der Waals surface area contributed by atoms with Crippen LogP contribution in [-0.4, -0.2) is 23.5 Å². The van der Waals surface area contributed by atoms with E-state index in [1.165, 1.54) is 0 Å². The fourth-order valence-corrected chi connectivity index (χ4v) is 1.93. The van der Waals surface area contributed by atoms with Crippen molar-refractivity contribution >= 4 is 18.3 Å². The summed E-state index contributed by atoms with van der Waals surface area (Å²) in [7, 11) is 0. The van der Waals surface area contributed by atoms with Crippen LogP contribution < -0.4 is 10.1 Å². The first-order chi connectivity index (χ1) is 10.1. The van der Waals surface area contributed by atoms with E-state index in [0.29, 0.717) is 12.1 Å². The summed E-state index contributed by atoms with van der Waals surface area (Å²) in [6, 6.07) is 11.5. The zero-order chi connectivity index (χ0) is 15.1. The number of aromatic nitrogens is 1. The van der Waals surface area contributed by atoms with E-state index in [2.05, 4.69) is 10.3 Å². The number of hydrogen-bond donors (Lipinski definition) is 1. The summed E-state index contributed by atoms with van der Waals surface area (Å²) in [5, 5.41) is 2.88. The Balaban J connectivity index is 0.00000242. The molecule has 0 aliphatic carbocycles. The minimum atomic E-state index is -0.0946. The number of halogens is 1. The molecule has 0 bridgehead atoms. The molecular weight excluding hydrogens is 300 g/mol. The summed E-state index contributed by atoms with van der Waals surface area (Å²) >= 11 is 0. The molecule has 1 N–H and O–H groups in total. The molecule has 1 amide bonds. The monoisotopic (exact) mass is 320 g/mol. The number of hydrogen-bond acceptors (Lipinski definition) is 3. The number of benzene rings is 1. The van der Waals surface area contributed by atoms with Gasteiger partial charge in [-0.2, -0.15) is 0 Å². The first-order valence-electron chi connectivity index (χ1n) is 7.09. The van der Waals surface area contributed by atoms with Crippen molar-refractivity contribution in [1.29, 1.82) is 0 Å². The fourth-order valence-electron chi connectivity index (χ4n) is 1.93. The Hall–Kier alpha value is -2.07. The van der Waals surface area contributed by atoms with Crippen LogP contribution in [0.3, 0.4) is 0 Å². The van der Waals surface area contributed by atoms with Crippen LogP contribution in [0.4, 0.5) is 0 Å². The molecule has 0 radical (unpaired) electrons. The van der Waals surface area contributed by atoms with Crippen molar-refractivity contribution in [2.75, 3.05) is 6.54 Å². The number of rotatable bonds is 6. The van der Waals surface area contributed by atoms with Gasteiger partial charge in [-0.05, 0) is 50.1 Å². The zero-order valence-corrected chi connectivity index (χ0v) is 13.6. The van der Waals surface area contributed by atoms with Crippen LogP contribution in [0.2, 0.25) is 0 Å². The molecule has 0 aliphatic rings. The van der Waals surface area contributed by atoms with E-state index in [0.717, 1.165) is 17.7 Å². The van der Waals surface area contributed by atoms with Gasteiger partial charge in [-0.1, -0.05) is 12.1 Å². The molecule has 1 aromatic heterocycles. The predicted molar refractivity (Wildman–Crippen MR) is 89.7 cm³/mol. The van der Waals surface area contributed by atoms with Crippen molar-refractivity contribution in [2.24, 2.45) is 0 Å². The van der Waals surface area contributed by atoms with Gasteiger partial charge in [0.15, 0.2) is 0 Å². The highest BCUT2D eigenvalue weighted by Crippen LogP contribution is 2.13. The van der Waals surface area contributed by atoms with Gasteiger partial charge in [0.25, 0.3) is 5.91 Å². The third-order valence-corrected chi connectivity index (χ3v) is 2.92. The second-order valence-electron chi connectivity index (χ2n) is 5.06. The lowest BCUT2D eigenvalue weighted by Crippen LogP contribution is -2.25. The van der Waals surface area contributed by atoms with Crippen molar-refractivity contribution < 1.29 is 9.53 Å². The van der Waals surface area contributed by atoms with Crippen molar-refractivity contribution in [3.63, 3.8) is 0 Å². The highest BCUT2D eigenvalue weighted by atomic mass is 35.5. The van der Waals surface area contributed by atoms with E-state index in [-0.39, 0.29) is 24.4 Å². The largest absolute Gasteiger partial charge is 0.491 e. The standard InChI is InChI=1S/C17H20N2O2.ClH/c1-13(2)21-16-7-5-14(6-8-16)9-11-19-17(20)15-4-3-10-18-12-15;/h3-8,10,12-13H,9,11H2,1-2H3,(H,19,20);1H. The Kier molecular flexibility index (Phi) is 7.40. The minimum absolute atomic E-state index is 0. The average molecular weight is 321 g/mol. The predicted octanol–water partition coefficient (Wildman–Crippen LogP) is 3.26. The lowest BCUT2D eigenvalue weighted by molar-refractivity contribution is 0.0953. The average Bonchev–Trinajstić information content (AvgIpc) is 2.49. The number of carbonyl (C=O) groups excluding carboxylic acids is 1. The van der Waals surface area contributed by atoms with Crippen molar-refractivity contribution in [3.8, 4) is 5.75 Å². The van der Waals surface area contributed by atoms with Gasteiger partial charge < -0.3 is 10.1 Å². The summed E-state index contributed by atoms with van der Waals surface area (Å²) in [6.45, 7) is 4.60. The molecule has 4 nitrogen and oxygen atoms in total. The zero-order valence-electron chi connectivity index (χ0n) is 12.8. The number of pyridine rings is 1. The topological polar surface area (TPSA) is 51.2 Å². The van der Waals surface area contributed by atoms with Crippen LogP contribution in [0.1, 0.15) is 29.8 Å². The minimum Gasteiger partial charge on any atom is -0.491 e. The van der Waals surface area contributed by atoms with Crippen LogP contribution in [0.5, 0.6) is 5.75 Å². The molecule has 0 unspecified atom stereocenters. The van der Waals surface area contributed by atoms with Crippen LogP contribution in [0.15, 0.2) is 48.8 Å². The van der Waals surface area contributed by atoms with E-state index >= 15 is 0 Å². The Labute approximate surface area is 137 Å². The first-order valence-corrected chi connectivity index (χ1v) is 7.09. The second-order valence-corrected chi connectivity index (χ2v) is 5.06. The second kappa shape index (κ2) is 9.05. The number of ether oxygens (including phenoxy) is 1. The summed E-state index contributed by atoms with van der Waals surface area (Å²) in [5.74, 6) is 0.774. The van der Waals surface area contributed by atoms with Crippen LogP contribution >= 0.6 is 12.4 Å². The Morgan fingerprint density at radius 1 is 1.23 bits per heavy atom. The highest BCUT2D eigenvalue weighted by Gasteiger charge is 2.04. The molecule has 0 atom stereocenters. The van der Waals surface area contributed by atoms with E-state index in [4.69, 9.17) is 4.74 Å². The molecule has 118 valence electrons. The Bertz CT molecular complexity index is 571. The lowest BCUT2D eigenvalue weighted by atomic mass is 10.1. The molecule has 0 saturated carbocycles. The molecule has 1 heterocycles. The number of nitrogens with one attached hydrogen (secondary N) is 1. The lowest BCUT2D eigenvalue weighted by Gasteiger charge is -2.10. The third-order valence-electron chi connectivity index (χ3n) is 2.92. The number of amides is 1. The molecule has 0 aliphatic heterocycles. The SMILES string of the molecule is CC(C)Oc1ccc(CCNC(=O)c2cccnc2)cc1.Cl. The molecular formula is C17H21ClN2O2. The molecule has 22 heavy (non-hydrogen) atoms. The highest BCUT2D eigenvalue weighted by molar-refractivity contribution is 5.93. The van der Waals surface area contributed by atoms with Gasteiger partial charge in [0, 0.05) is 18.9 Å². The number of carbonyl (C=O) groups is 1. The molecule has 2 rings (SSSR count). The molecule has 0 saturated heterocycles. The van der Waals surface area contributed by atoms with Gasteiger partial charge in [-0.3, -0.25) is 9.78 Å². The molecule has 0 fully saturated rings. The van der Waals surface area contributed by atoms with Gasteiger partial charge in [0.05, 0.1) is 11.7 Å². The maximum atomic E-state index is 11.8. The summed E-state index contributed by atoms with van der Waals surface area (Å²) in [5.41, 5.74) is 1.75. The quantitative estimate of drug-likeness (QED) is 0.888. The normalized spacial score (nSPS) is 9.95. The summed E-state index contributed by atoms with van der Waals surface area (Å²) in [4.78, 5) is 15.8. The van der Waals surface area contributed by atoms with E-state index in [1.807, 2.05) is 38.1 Å². The van der Waals surface area contributed by atoms with Crippen LogP contribution in [0, 0.1) is 0 Å². The van der Waals surface area contributed by atoms with Gasteiger partial charge in [0.2, 0.25) is 0 Å². The van der Waals surface area contributed by atoms with Crippen LogP contribution in [-0.2, 0) is 6.42 Å². The molecule has 5 heteroatoms. The number of nitrogens with zero attached hydrogens (tertiary/aromatic N) is 1. The van der Waals surface area contributed by atoms with E-state index in [9.17, 15) is 4.79 Å². The van der Waals surface area contributed by atoms with Gasteiger partial charge >= 0.3 is 0 Å². The first kappa shape index (κ1) is 18.0. The molecule has 0 spiro atoms. The van der Waals surface area contributed by atoms with Crippen LogP contribution in [0.25, 0.3) is 0 Å². The van der Waals surface area contributed by atoms with Crippen molar-refractivity contribution in [1.82, 2.24) is 10.3 Å². The third kappa shape index (κ3) is 5.74. The van der Waals surface area contributed by atoms with E-state index < -0.39 is 0 Å². The molecule has 2 aromatic rings. The molecule has 1 aromatic carbocycles. The maximum absolute atomic E-state index is 11.8. The Morgan fingerprint density at radius 2 is 1.95 bits per heavy atom. The van der Waals surface area contributed by atoms with E-state index in [1.54, 1.807) is 24.5 Å². The summed E-state index contributed by atoms with van der Waals surface area (Å²) in [6.07, 6.45) is 4.17. The van der Waals surface area contributed by atoms with Gasteiger partial charge in [-0.15, -0.1) is 12.4 Å². The van der Waals surface area contributed by atoms with Crippen molar-refractivity contribution in [3.05, 3.63) is 59.9 Å². The fraction of sp³-hybridized carbons (Fsp3) is 0.294. The smallest absolute Gasteiger partial charge is 0.252 e. The maximum Gasteiger partial charge on any atom is 0.252 e. The van der Waals surface area contributed by atoms with Gasteiger partial charge in [0.1, 0.15) is 5.75 Å². The van der Waals surface area contributed by atoms with Crippen molar-refractivity contribution in [2.45, 2.75) is 26.4 Å².